The van der Waals surface area contributed by atoms with Crippen molar-refractivity contribution < 1.29 is 14.3 Å². The highest BCUT2D eigenvalue weighted by atomic mass is 16.6. The molecule has 0 spiro atoms. The Morgan fingerprint density at radius 3 is 2.43 bits per heavy atom. The van der Waals surface area contributed by atoms with Gasteiger partial charge < -0.3 is 19.3 Å². The van der Waals surface area contributed by atoms with Gasteiger partial charge in [0.05, 0.1) is 13.2 Å². The zero-order valence-corrected chi connectivity index (χ0v) is 13.2. The second-order valence-corrected chi connectivity index (χ2v) is 5.50. The van der Waals surface area contributed by atoms with Gasteiger partial charge in [0, 0.05) is 32.6 Å². The third-order valence-electron chi connectivity index (χ3n) is 4.16. The average Bonchev–Trinajstić information content (AvgIpc) is 2.54. The summed E-state index contributed by atoms with van der Waals surface area (Å²) in [6.07, 6.45) is 2.14. The zero-order chi connectivity index (χ0) is 15.1. The lowest BCUT2D eigenvalue weighted by Gasteiger charge is -2.31. The van der Waals surface area contributed by atoms with Crippen LogP contribution in [0.1, 0.15) is 33.1 Å². The zero-order valence-electron chi connectivity index (χ0n) is 13.2. The van der Waals surface area contributed by atoms with Crippen LogP contribution in [0, 0.1) is 0 Å². The molecule has 120 valence electrons. The van der Waals surface area contributed by atoms with Crippen LogP contribution in [0.2, 0.25) is 0 Å². The van der Waals surface area contributed by atoms with Crippen LogP contribution in [-0.4, -0.2) is 73.8 Å². The number of aliphatic imine (C=N–C) groups is 1. The summed E-state index contributed by atoms with van der Waals surface area (Å²) in [6, 6.07) is 0. The molecular formula is C15H27N3O3. The average molecular weight is 297 g/mol. The van der Waals surface area contributed by atoms with Crippen molar-refractivity contribution in [3.8, 4) is 0 Å². The highest BCUT2D eigenvalue weighted by molar-refractivity contribution is 5.91. The molecule has 0 aromatic heterocycles. The van der Waals surface area contributed by atoms with E-state index in [0.717, 1.165) is 57.8 Å². The Bertz CT molecular complexity index is 359. The predicted molar refractivity (Wildman–Crippen MR) is 81.7 cm³/mol. The summed E-state index contributed by atoms with van der Waals surface area (Å²) >= 11 is 0. The Kier molecular flexibility index (Phi) is 6.45. The Balaban J connectivity index is 1.82. The Morgan fingerprint density at radius 2 is 1.86 bits per heavy atom. The van der Waals surface area contributed by atoms with Gasteiger partial charge in [0.15, 0.2) is 0 Å². The van der Waals surface area contributed by atoms with Gasteiger partial charge in [-0.25, -0.2) is 4.79 Å². The smallest absolute Gasteiger partial charge is 0.435 e. The molecule has 0 bridgehead atoms. The van der Waals surface area contributed by atoms with Crippen LogP contribution in [0.4, 0.5) is 4.79 Å². The van der Waals surface area contributed by atoms with Crippen LogP contribution in [0.25, 0.3) is 0 Å². The molecule has 0 N–H and O–H groups in total. The summed E-state index contributed by atoms with van der Waals surface area (Å²) in [5.74, 6) is 0.814. The lowest BCUT2D eigenvalue weighted by Crippen LogP contribution is -2.41. The maximum atomic E-state index is 12.0. The molecule has 0 atom stereocenters. The van der Waals surface area contributed by atoms with E-state index in [4.69, 9.17) is 9.47 Å². The fourth-order valence-corrected chi connectivity index (χ4v) is 2.81. The third-order valence-corrected chi connectivity index (χ3v) is 4.16. The monoisotopic (exact) mass is 297 g/mol. The second-order valence-electron chi connectivity index (χ2n) is 5.50. The van der Waals surface area contributed by atoms with Crippen molar-refractivity contribution in [2.24, 2.45) is 4.99 Å². The van der Waals surface area contributed by atoms with Crippen molar-refractivity contribution in [1.29, 1.82) is 0 Å². The van der Waals surface area contributed by atoms with Crippen LogP contribution in [-0.2, 0) is 9.47 Å². The number of piperidine rings is 1. The fraction of sp³-hybridized carbons (Fsp3) is 0.867. The predicted octanol–water partition coefficient (Wildman–Crippen LogP) is 1.75. The second kappa shape index (κ2) is 8.34. The van der Waals surface area contributed by atoms with Crippen molar-refractivity contribution in [3.05, 3.63) is 0 Å². The molecule has 0 aliphatic carbocycles. The summed E-state index contributed by atoms with van der Waals surface area (Å²) in [7, 11) is 0. The van der Waals surface area contributed by atoms with Crippen molar-refractivity contribution in [2.75, 3.05) is 45.9 Å². The number of morpholine rings is 1. The van der Waals surface area contributed by atoms with Gasteiger partial charge in [-0.15, -0.1) is 0 Å². The normalized spacial score (nSPS) is 22.4. The first-order chi connectivity index (χ1) is 10.2. The molecule has 0 unspecified atom stereocenters. The molecule has 2 saturated heterocycles. The summed E-state index contributed by atoms with van der Waals surface area (Å²) in [4.78, 5) is 20.6. The standard InChI is InChI=1S/C15H27N3O3/c1-3-14(18-9-11-20-12-10-18)16-15(19)21-13-5-7-17(4-2)8-6-13/h13H,3-12H2,1-2H3. The summed E-state index contributed by atoms with van der Waals surface area (Å²) in [6.45, 7) is 10.2. The number of amides is 1. The number of rotatable bonds is 3. The minimum Gasteiger partial charge on any atom is -0.444 e. The number of carbonyl (C=O) groups is 1. The van der Waals surface area contributed by atoms with Crippen LogP contribution < -0.4 is 0 Å². The molecular weight excluding hydrogens is 270 g/mol. The van der Waals surface area contributed by atoms with Gasteiger partial charge in [0.2, 0.25) is 0 Å². The van der Waals surface area contributed by atoms with Crippen molar-refractivity contribution in [1.82, 2.24) is 9.80 Å². The molecule has 2 aliphatic rings. The van der Waals surface area contributed by atoms with Gasteiger partial charge in [-0.1, -0.05) is 13.8 Å². The van der Waals surface area contributed by atoms with Gasteiger partial charge in [-0.05, 0) is 19.4 Å². The highest BCUT2D eigenvalue weighted by Gasteiger charge is 2.22. The number of amidine groups is 1. The van der Waals surface area contributed by atoms with E-state index in [1.807, 2.05) is 6.92 Å². The topological polar surface area (TPSA) is 54.4 Å². The van der Waals surface area contributed by atoms with Crippen LogP contribution in [0.3, 0.4) is 0 Å². The molecule has 1 amide bonds. The summed E-state index contributed by atoms with van der Waals surface area (Å²) < 4.78 is 10.8. The molecule has 0 saturated carbocycles. The number of carbonyl (C=O) groups excluding carboxylic acids is 1. The summed E-state index contributed by atoms with van der Waals surface area (Å²) in [5, 5.41) is 0. The van der Waals surface area contributed by atoms with E-state index in [0.29, 0.717) is 13.2 Å². The van der Waals surface area contributed by atoms with E-state index in [1.54, 1.807) is 0 Å². The molecule has 2 heterocycles. The van der Waals surface area contributed by atoms with E-state index in [2.05, 4.69) is 21.7 Å². The SMILES string of the molecule is CCC(=NC(=O)OC1CCN(CC)CC1)N1CCOCC1. The molecule has 6 heteroatoms. The van der Waals surface area contributed by atoms with Crippen molar-refractivity contribution >= 4 is 11.9 Å². The first-order valence-electron chi connectivity index (χ1n) is 8.06. The van der Waals surface area contributed by atoms with Crippen LogP contribution in [0.15, 0.2) is 4.99 Å². The number of ether oxygens (including phenoxy) is 2. The molecule has 21 heavy (non-hydrogen) atoms. The minimum absolute atomic E-state index is 0.0202. The molecule has 0 radical (unpaired) electrons. The van der Waals surface area contributed by atoms with Gasteiger partial charge in [-0.3, -0.25) is 0 Å². The van der Waals surface area contributed by atoms with Gasteiger partial charge in [0.25, 0.3) is 0 Å². The fourth-order valence-electron chi connectivity index (χ4n) is 2.81. The maximum absolute atomic E-state index is 12.0. The largest absolute Gasteiger partial charge is 0.444 e. The lowest BCUT2D eigenvalue weighted by atomic mass is 10.1. The Hall–Kier alpha value is -1.14. The quantitative estimate of drug-likeness (QED) is 0.587. The van der Waals surface area contributed by atoms with E-state index in [-0.39, 0.29) is 6.10 Å². The van der Waals surface area contributed by atoms with Gasteiger partial charge in [0.1, 0.15) is 11.9 Å². The molecule has 6 nitrogen and oxygen atoms in total. The highest BCUT2D eigenvalue weighted by Crippen LogP contribution is 2.14. The van der Waals surface area contributed by atoms with E-state index >= 15 is 0 Å². The Morgan fingerprint density at radius 1 is 1.19 bits per heavy atom. The van der Waals surface area contributed by atoms with Crippen molar-refractivity contribution in [3.63, 3.8) is 0 Å². The molecule has 2 aliphatic heterocycles. The first kappa shape index (κ1) is 16.2. The minimum atomic E-state index is -0.437. The molecule has 0 aromatic carbocycles. The maximum Gasteiger partial charge on any atom is 0.435 e. The lowest BCUT2D eigenvalue weighted by molar-refractivity contribution is 0.0562. The molecule has 2 fully saturated rings. The van der Waals surface area contributed by atoms with Gasteiger partial charge in [-0.2, -0.15) is 4.99 Å². The number of likely N-dealkylation sites (tertiary alicyclic amines) is 1. The molecule has 2 rings (SSSR count). The molecule has 0 aromatic rings. The summed E-state index contributed by atoms with van der Waals surface area (Å²) in [5.41, 5.74) is 0. The third kappa shape index (κ3) is 4.97. The Labute approximate surface area is 127 Å². The van der Waals surface area contributed by atoms with Gasteiger partial charge >= 0.3 is 6.09 Å². The number of nitrogens with zero attached hydrogens (tertiary/aromatic N) is 3. The van der Waals surface area contributed by atoms with Crippen LogP contribution >= 0.6 is 0 Å². The van der Waals surface area contributed by atoms with Crippen molar-refractivity contribution in [2.45, 2.75) is 39.2 Å². The van der Waals surface area contributed by atoms with E-state index < -0.39 is 6.09 Å². The van der Waals surface area contributed by atoms with E-state index in [1.165, 1.54) is 0 Å². The van der Waals surface area contributed by atoms with Crippen LogP contribution in [0.5, 0.6) is 0 Å². The number of hydrogen-bond acceptors (Lipinski definition) is 4. The number of hydrogen-bond donors (Lipinski definition) is 0. The van der Waals surface area contributed by atoms with E-state index in [9.17, 15) is 4.79 Å². The first-order valence-corrected chi connectivity index (χ1v) is 8.06.